The third kappa shape index (κ3) is 3.43. The third-order valence-corrected chi connectivity index (χ3v) is 3.67. The van der Waals surface area contributed by atoms with Gasteiger partial charge < -0.3 is 9.47 Å². The van der Waals surface area contributed by atoms with Crippen LogP contribution in [0.3, 0.4) is 0 Å². The normalized spacial score (nSPS) is 22.2. The van der Waals surface area contributed by atoms with Crippen molar-refractivity contribution >= 4 is 22.6 Å². The lowest BCUT2D eigenvalue weighted by atomic mass is 10.1. The molecule has 88 valence electrons. The van der Waals surface area contributed by atoms with Crippen LogP contribution < -0.4 is 0 Å². The Labute approximate surface area is 110 Å². The zero-order chi connectivity index (χ0) is 11.2. The molecule has 1 saturated heterocycles. The molecule has 1 aromatic carbocycles. The molecule has 0 aliphatic carbocycles. The molecule has 0 saturated carbocycles. The lowest BCUT2D eigenvalue weighted by molar-refractivity contribution is 0.0402. The van der Waals surface area contributed by atoms with E-state index in [9.17, 15) is 0 Å². The van der Waals surface area contributed by atoms with Crippen LogP contribution in [0.4, 0.5) is 0 Å². The molecule has 0 bridgehead atoms. The predicted octanol–water partition coefficient (Wildman–Crippen LogP) is 3.22. The second kappa shape index (κ2) is 6.57. The fourth-order valence-electron chi connectivity index (χ4n) is 1.86. The molecule has 0 amide bonds. The summed E-state index contributed by atoms with van der Waals surface area (Å²) >= 11 is 2.38. The van der Waals surface area contributed by atoms with Crippen LogP contribution in [0, 0.1) is 5.92 Å². The van der Waals surface area contributed by atoms with Gasteiger partial charge in [-0.05, 0) is 12.0 Å². The summed E-state index contributed by atoms with van der Waals surface area (Å²) in [5.74, 6) is 0.592. The van der Waals surface area contributed by atoms with E-state index in [0.717, 1.165) is 30.7 Å². The Morgan fingerprint density at radius 1 is 1.38 bits per heavy atom. The minimum atomic E-state index is 0.224. The second-order valence-electron chi connectivity index (χ2n) is 4.12. The van der Waals surface area contributed by atoms with Crippen molar-refractivity contribution in [3.05, 3.63) is 35.9 Å². The Morgan fingerprint density at radius 3 is 2.81 bits per heavy atom. The number of benzene rings is 1. The van der Waals surface area contributed by atoms with Crippen LogP contribution in [0.1, 0.15) is 18.1 Å². The number of halogens is 1. The molecule has 3 heteroatoms. The molecule has 2 unspecified atom stereocenters. The van der Waals surface area contributed by atoms with Crippen LogP contribution in [-0.4, -0.2) is 24.2 Å². The lowest BCUT2D eigenvalue weighted by Crippen LogP contribution is -2.14. The maximum atomic E-state index is 5.97. The summed E-state index contributed by atoms with van der Waals surface area (Å²) < 4.78 is 12.3. The summed E-state index contributed by atoms with van der Waals surface area (Å²) in [4.78, 5) is 0. The maximum Gasteiger partial charge on any atom is 0.0914 e. The van der Waals surface area contributed by atoms with Crippen molar-refractivity contribution in [3.8, 4) is 0 Å². The van der Waals surface area contributed by atoms with Crippen molar-refractivity contribution in [2.75, 3.05) is 24.2 Å². The summed E-state index contributed by atoms with van der Waals surface area (Å²) in [5, 5.41) is 0. The van der Waals surface area contributed by atoms with E-state index >= 15 is 0 Å². The van der Waals surface area contributed by atoms with Gasteiger partial charge in [0.25, 0.3) is 0 Å². The molecule has 1 aromatic rings. The maximum absolute atomic E-state index is 5.97. The molecule has 1 aliphatic rings. The van der Waals surface area contributed by atoms with Crippen molar-refractivity contribution in [3.63, 3.8) is 0 Å². The first-order chi connectivity index (χ1) is 7.90. The molecule has 1 aliphatic heterocycles. The first-order valence-electron chi connectivity index (χ1n) is 5.70. The second-order valence-corrected chi connectivity index (χ2v) is 5.00. The van der Waals surface area contributed by atoms with Crippen LogP contribution in [0.25, 0.3) is 0 Å². The molecular weight excluding hydrogens is 315 g/mol. The van der Waals surface area contributed by atoms with Gasteiger partial charge in [0.2, 0.25) is 0 Å². The summed E-state index contributed by atoms with van der Waals surface area (Å²) in [6.07, 6.45) is 1.37. The van der Waals surface area contributed by atoms with Gasteiger partial charge in [-0.2, -0.15) is 0 Å². The van der Waals surface area contributed by atoms with Gasteiger partial charge in [0.1, 0.15) is 0 Å². The van der Waals surface area contributed by atoms with Gasteiger partial charge in [0.15, 0.2) is 0 Å². The molecule has 2 rings (SSSR count). The van der Waals surface area contributed by atoms with Crippen LogP contribution in [0.5, 0.6) is 0 Å². The molecular formula is C13H17IO2. The van der Waals surface area contributed by atoms with Crippen LogP contribution >= 0.6 is 22.6 Å². The zero-order valence-corrected chi connectivity index (χ0v) is 11.4. The first-order valence-corrected chi connectivity index (χ1v) is 7.23. The Balaban J connectivity index is 1.85. The molecule has 2 nitrogen and oxygen atoms in total. The lowest BCUT2D eigenvalue weighted by Gasteiger charge is -2.18. The molecule has 0 radical (unpaired) electrons. The van der Waals surface area contributed by atoms with E-state index in [2.05, 4.69) is 46.9 Å². The zero-order valence-electron chi connectivity index (χ0n) is 9.27. The van der Waals surface area contributed by atoms with Crippen molar-refractivity contribution < 1.29 is 9.47 Å². The highest BCUT2D eigenvalue weighted by molar-refractivity contribution is 14.1. The van der Waals surface area contributed by atoms with E-state index in [-0.39, 0.29) is 6.10 Å². The van der Waals surface area contributed by atoms with Crippen molar-refractivity contribution in [2.24, 2.45) is 5.92 Å². The molecule has 0 spiro atoms. The van der Waals surface area contributed by atoms with Gasteiger partial charge in [-0.1, -0.05) is 52.9 Å². The molecule has 16 heavy (non-hydrogen) atoms. The predicted molar refractivity (Wildman–Crippen MR) is 72.9 cm³/mol. The minimum Gasteiger partial charge on any atom is -0.381 e. The van der Waals surface area contributed by atoms with E-state index < -0.39 is 0 Å². The molecule has 1 fully saturated rings. The first kappa shape index (κ1) is 12.3. The van der Waals surface area contributed by atoms with Gasteiger partial charge in [-0.15, -0.1) is 0 Å². The summed E-state index contributed by atoms with van der Waals surface area (Å²) in [7, 11) is 0. The highest BCUT2D eigenvalue weighted by Crippen LogP contribution is 2.22. The van der Waals surface area contributed by atoms with Crippen LogP contribution in [-0.2, 0) is 9.47 Å². The summed E-state index contributed by atoms with van der Waals surface area (Å²) in [6, 6.07) is 10.4. The molecule has 2 atom stereocenters. The molecule has 0 N–H and O–H groups in total. The highest BCUT2D eigenvalue weighted by atomic mass is 127. The van der Waals surface area contributed by atoms with E-state index in [1.54, 1.807) is 0 Å². The standard InChI is InChI=1S/C13H17IO2/c14-8-13(12-4-2-1-3-5-12)16-10-11-6-7-15-9-11/h1-5,11,13H,6-10H2. The number of hydrogen-bond donors (Lipinski definition) is 0. The Bertz CT molecular complexity index is 296. The topological polar surface area (TPSA) is 18.5 Å². The fourth-order valence-corrected chi connectivity index (χ4v) is 2.63. The number of hydrogen-bond acceptors (Lipinski definition) is 2. The summed E-state index contributed by atoms with van der Waals surface area (Å²) in [6.45, 7) is 2.58. The molecule has 1 heterocycles. The van der Waals surface area contributed by atoms with Crippen molar-refractivity contribution in [1.29, 1.82) is 0 Å². The number of alkyl halides is 1. The largest absolute Gasteiger partial charge is 0.381 e. The Kier molecular flexibility index (Phi) is 5.06. The third-order valence-electron chi connectivity index (χ3n) is 2.87. The van der Waals surface area contributed by atoms with Gasteiger partial charge in [0, 0.05) is 17.0 Å². The minimum absolute atomic E-state index is 0.224. The van der Waals surface area contributed by atoms with Gasteiger partial charge in [-0.3, -0.25) is 0 Å². The summed E-state index contributed by atoms with van der Waals surface area (Å²) in [5.41, 5.74) is 1.27. The van der Waals surface area contributed by atoms with Crippen LogP contribution in [0.15, 0.2) is 30.3 Å². The van der Waals surface area contributed by atoms with E-state index in [1.165, 1.54) is 5.56 Å². The van der Waals surface area contributed by atoms with E-state index in [1.807, 2.05) is 6.07 Å². The van der Waals surface area contributed by atoms with Gasteiger partial charge in [0.05, 0.1) is 19.3 Å². The SMILES string of the molecule is ICC(OCC1CCOC1)c1ccccc1. The van der Waals surface area contributed by atoms with E-state index in [4.69, 9.17) is 9.47 Å². The Hall–Kier alpha value is -0.130. The highest BCUT2D eigenvalue weighted by Gasteiger charge is 2.18. The average molecular weight is 332 g/mol. The van der Waals surface area contributed by atoms with Crippen LogP contribution in [0.2, 0.25) is 0 Å². The number of rotatable bonds is 5. The number of ether oxygens (including phenoxy) is 2. The van der Waals surface area contributed by atoms with Gasteiger partial charge >= 0.3 is 0 Å². The molecule has 0 aromatic heterocycles. The van der Waals surface area contributed by atoms with Gasteiger partial charge in [-0.25, -0.2) is 0 Å². The monoisotopic (exact) mass is 332 g/mol. The van der Waals surface area contributed by atoms with E-state index in [0.29, 0.717) is 5.92 Å². The van der Waals surface area contributed by atoms with Crippen molar-refractivity contribution in [1.82, 2.24) is 0 Å². The Morgan fingerprint density at radius 2 is 2.19 bits per heavy atom. The smallest absolute Gasteiger partial charge is 0.0914 e. The van der Waals surface area contributed by atoms with Crippen molar-refractivity contribution in [2.45, 2.75) is 12.5 Å². The average Bonchev–Trinajstić information content (AvgIpc) is 2.84. The fraction of sp³-hybridized carbons (Fsp3) is 0.538. The quantitative estimate of drug-likeness (QED) is 0.609.